The van der Waals surface area contributed by atoms with Gasteiger partial charge in [-0.2, -0.15) is 0 Å². The van der Waals surface area contributed by atoms with Gasteiger partial charge in [-0.15, -0.1) is 0 Å². The Bertz CT molecular complexity index is 920. The van der Waals surface area contributed by atoms with Gasteiger partial charge in [-0.05, 0) is 31.7 Å². The number of H-pyrrole nitrogens is 1. The second-order valence-corrected chi connectivity index (χ2v) is 8.61. The Morgan fingerprint density at radius 2 is 2.21 bits per heavy atom. The first-order valence-electron chi connectivity index (χ1n) is 10.4. The number of fused-ring (bicyclic) bond motifs is 2. The van der Waals surface area contributed by atoms with Gasteiger partial charge in [0.1, 0.15) is 5.82 Å². The van der Waals surface area contributed by atoms with Gasteiger partial charge in [0.2, 0.25) is 5.91 Å². The van der Waals surface area contributed by atoms with Crippen LogP contribution in [0.3, 0.4) is 0 Å². The summed E-state index contributed by atoms with van der Waals surface area (Å²) in [5.74, 6) is 0.953. The van der Waals surface area contributed by atoms with Gasteiger partial charge in [0.15, 0.2) is 0 Å². The molecule has 3 aliphatic rings. The van der Waals surface area contributed by atoms with E-state index < -0.39 is 0 Å². The number of nitrogens with one attached hydrogen (secondary N) is 2. The van der Waals surface area contributed by atoms with Crippen molar-refractivity contribution in [3.63, 3.8) is 0 Å². The van der Waals surface area contributed by atoms with E-state index in [1.807, 2.05) is 24.2 Å². The van der Waals surface area contributed by atoms with Gasteiger partial charge in [-0.3, -0.25) is 9.59 Å². The third-order valence-corrected chi connectivity index (χ3v) is 6.54. The molecule has 5 rings (SSSR count). The molecule has 2 unspecified atom stereocenters. The Balaban J connectivity index is 1.24. The zero-order valence-electron chi connectivity index (χ0n) is 16.7. The van der Waals surface area contributed by atoms with Crippen molar-refractivity contribution in [2.75, 3.05) is 19.7 Å². The number of amides is 2. The van der Waals surface area contributed by atoms with Gasteiger partial charge >= 0.3 is 0 Å². The van der Waals surface area contributed by atoms with Gasteiger partial charge in [0.05, 0.1) is 29.7 Å². The van der Waals surface area contributed by atoms with Crippen molar-refractivity contribution in [1.29, 1.82) is 0 Å². The minimum Gasteiger partial charge on any atom is -0.378 e. The van der Waals surface area contributed by atoms with Gasteiger partial charge < -0.3 is 24.5 Å². The lowest BCUT2D eigenvalue weighted by Crippen LogP contribution is -2.63. The van der Waals surface area contributed by atoms with Crippen LogP contribution in [0.15, 0.2) is 24.8 Å². The summed E-state index contributed by atoms with van der Waals surface area (Å²) >= 11 is 0. The molecule has 2 N–H and O–H groups in total. The van der Waals surface area contributed by atoms with Crippen molar-refractivity contribution in [2.24, 2.45) is 0 Å². The number of nitrogens with zero attached hydrogens (tertiary/aromatic N) is 3. The van der Waals surface area contributed by atoms with Crippen molar-refractivity contribution < 1.29 is 14.3 Å². The second kappa shape index (κ2) is 7.02. The summed E-state index contributed by atoms with van der Waals surface area (Å²) in [5.41, 5.74) is 1.51. The van der Waals surface area contributed by atoms with E-state index >= 15 is 0 Å². The summed E-state index contributed by atoms with van der Waals surface area (Å²) in [4.78, 5) is 34.7. The maximum atomic E-state index is 12.8. The van der Waals surface area contributed by atoms with E-state index in [1.165, 1.54) is 0 Å². The Kier molecular flexibility index (Phi) is 4.46. The smallest absolute Gasteiger partial charge is 0.255 e. The molecule has 8 nitrogen and oxygen atoms in total. The number of aromatic nitrogens is 3. The fraction of sp³-hybridized carbons (Fsp3) is 0.571. The SMILES string of the molecule is Cc1c[nH]cc1C(=O)N1CC2(CC(NC(=O)CC3CCCCO3)c3nccn32)C1. The first kappa shape index (κ1) is 18.4. The van der Waals surface area contributed by atoms with Crippen molar-refractivity contribution in [2.45, 2.75) is 56.7 Å². The molecule has 1 spiro atoms. The normalized spacial score (nSPS) is 24.9. The average molecular weight is 397 g/mol. The van der Waals surface area contributed by atoms with Crippen molar-refractivity contribution in [1.82, 2.24) is 24.8 Å². The molecule has 3 aliphatic heterocycles. The molecule has 2 atom stereocenters. The largest absolute Gasteiger partial charge is 0.378 e. The molecule has 2 aromatic rings. The lowest BCUT2D eigenvalue weighted by Gasteiger charge is -2.49. The summed E-state index contributed by atoms with van der Waals surface area (Å²) in [7, 11) is 0. The van der Waals surface area contributed by atoms with Crippen LogP contribution in [-0.4, -0.2) is 57.0 Å². The summed E-state index contributed by atoms with van der Waals surface area (Å²) in [6.07, 6.45) is 11.7. The van der Waals surface area contributed by atoms with Crippen LogP contribution in [0, 0.1) is 6.92 Å². The van der Waals surface area contributed by atoms with E-state index in [0.717, 1.165) is 49.2 Å². The first-order chi connectivity index (χ1) is 14.1. The Morgan fingerprint density at radius 1 is 1.34 bits per heavy atom. The molecule has 2 aromatic heterocycles. The maximum absolute atomic E-state index is 12.8. The number of ether oxygens (including phenoxy) is 1. The maximum Gasteiger partial charge on any atom is 0.255 e. The minimum atomic E-state index is -0.176. The number of carbonyl (C=O) groups excluding carboxylic acids is 2. The third kappa shape index (κ3) is 3.15. The highest BCUT2D eigenvalue weighted by molar-refractivity contribution is 5.96. The highest BCUT2D eigenvalue weighted by Crippen LogP contribution is 2.45. The Hall–Kier alpha value is -2.61. The summed E-state index contributed by atoms with van der Waals surface area (Å²) < 4.78 is 7.85. The molecule has 2 fully saturated rings. The fourth-order valence-corrected chi connectivity index (χ4v) is 5.02. The number of rotatable bonds is 4. The molecule has 5 heterocycles. The molecular weight excluding hydrogens is 370 g/mol. The zero-order chi connectivity index (χ0) is 20.0. The van der Waals surface area contributed by atoms with Crippen LogP contribution in [0.1, 0.15) is 59.9 Å². The first-order valence-corrected chi connectivity index (χ1v) is 10.4. The predicted octanol–water partition coefficient (Wildman–Crippen LogP) is 1.89. The zero-order valence-corrected chi connectivity index (χ0v) is 16.7. The van der Waals surface area contributed by atoms with Crippen LogP contribution >= 0.6 is 0 Å². The van der Waals surface area contributed by atoms with E-state index in [4.69, 9.17) is 4.74 Å². The number of carbonyl (C=O) groups is 2. The molecule has 0 bridgehead atoms. The van der Waals surface area contributed by atoms with Crippen LogP contribution in [-0.2, 0) is 15.1 Å². The molecular formula is C21H27N5O3. The monoisotopic (exact) mass is 397 g/mol. The average Bonchev–Trinajstić information content (AvgIpc) is 3.38. The summed E-state index contributed by atoms with van der Waals surface area (Å²) in [6.45, 7) is 3.96. The van der Waals surface area contributed by atoms with Gasteiger partial charge in [-0.25, -0.2) is 4.98 Å². The van der Waals surface area contributed by atoms with Crippen LogP contribution < -0.4 is 5.32 Å². The van der Waals surface area contributed by atoms with Gasteiger partial charge in [-0.1, -0.05) is 0 Å². The van der Waals surface area contributed by atoms with E-state index in [2.05, 4.69) is 19.9 Å². The van der Waals surface area contributed by atoms with E-state index in [9.17, 15) is 9.59 Å². The Labute approximate surface area is 169 Å². The lowest BCUT2D eigenvalue weighted by atomic mass is 9.85. The fourth-order valence-electron chi connectivity index (χ4n) is 5.02. The van der Waals surface area contributed by atoms with Crippen LogP contribution in [0.5, 0.6) is 0 Å². The number of hydrogen-bond acceptors (Lipinski definition) is 4. The van der Waals surface area contributed by atoms with Gasteiger partial charge in [0, 0.05) is 50.9 Å². The number of hydrogen-bond donors (Lipinski definition) is 2. The van der Waals surface area contributed by atoms with E-state index in [-0.39, 0.29) is 29.5 Å². The number of aromatic amines is 1. The van der Waals surface area contributed by atoms with Gasteiger partial charge in [0.25, 0.3) is 5.91 Å². The molecule has 2 amide bonds. The van der Waals surface area contributed by atoms with Crippen molar-refractivity contribution in [3.05, 3.63) is 41.7 Å². The lowest BCUT2D eigenvalue weighted by molar-refractivity contribution is -0.125. The van der Waals surface area contributed by atoms with Crippen molar-refractivity contribution >= 4 is 11.8 Å². The summed E-state index contributed by atoms with van der Waals surface area (Å²) in [5, 5.41) is 3.16. The number of imidazole rings is 1. The standard InChI is InChI=1S/C21H27N5O3/c1-14-10-22-11-16(14)20(28)25-12-21(13-25)9-17(19-23-5-6-26(19)21)24-18(27)8-15-4-2-3-7-29-15/h5-6,10-11,15,17,22H,2-4,7-9,12-13H2,1H3,(H,24,27). The number of aryl methyl sites for hydroxylation is 1. The quantitative estimate of drug-likeness (QED) is 0.824. The molecule has 0 radical (unpaired) electrons. The highest BCUT2D eigenvalue weighted by Gasteiger charge is 2.54. The predicted molar refractivity (Wildman–Crippen MR) is 105 cm³/mol. The second-order valence-electron chi connectivity index (χ2n) is 8.61. The van der Waals surface area contributed by atoms with E-state index in [1.54, 1.807) is 12.4 Å². The van der Waals surface area contributed by atoms with Crippen LogP contribution in [0.2, 0.25) is 0 Å². The topological polar surface area (TPSA) is 92.2 Å². The summed E-state index contributed by atoms with van der Waals surface area (Å²) in [6, 6.07) is -0.118. The molecule has 8 heteroatoms. The molecule has 0 saturated carbocycles. The van der Waals surface area contributed by atoms with E-state index in [0.29, 0.717) is 19.5 Å². The third-order valence-electron chi connectivity index (χ3n) is 6.54. The molecule has 0 aliphatic carbocycles. The van der Waals surface area contributed by atoms with Crippen LogP contribution in [0.25, 0.3) is 0 Å². The Morgan fingerprint density at radius 3 is 2.93 bits per heavy atom. The molecule has 2 saturated heterocycles. The number of likely N-dealkylation sites (tertiary alicyclic amines) is 1. The minimum absolute atomic E-state index is 0.0173. The molecule has 0 aromatic carbocycles. The van der Waals surface area contributed by atoms with Crippen molar-refractivity contribution in [3.8, 4) is 0 Å². The highest BCUT2D eigenvalue weighted by atomic mass is 16.5. The molecule has 29 heavy (non-hydrogen) atoms. The molecule has 154 valence electrons. The van der Waals surface area contributed by atoms with Crippen LogP contribution in [0.4, 0.5) is 0 Å².